The van der Waals surface area contributed by atoms with Crippen LogP contribution in [0.2, 0.25) is 0 Å². The van der Waals surface area contributed by atoms with E-state index in [9.17, 15) is 4.79 Å². The molecule has 2 aromatic carbocycles. The molecule has 3 N–H and O–H groups in total. The minimum Gasteiger partial charge on any atom is -0.492 e. The maximum absolute atomic E-state index is 11.6. The molecule has 1 atom stereocenters. The molecule has 0 saturated carbocycles. The molecule has 1 amide bonds. The average molecular weight is 314 g/mol. The van der Waals surface area contributed by atoms with Gasteiger partial charge in [0.05, 0.1) is 0 Å². The average Bonchev–Trinajstić information content (AvgIpc) is 3.03. The van der Waals surface area contributed by atoms with Crippen LogP contribution in [0.15, 0.2) is 48.5 Å². The second kappa shape index (κ2) is 7.02. The fraction of sp³-hybridized carbons (Fsp3) is 0.235. The Kier molecular flexibility index (Phi) is 4.63. The van der Waals surface area contributed by atoms with Gasteiger partial charge in [-0.15, -0.1) is 0 Å². The van der Waals surface area contributed by atoms with E-state index in [1.54, 1.807) is 12.1 Å². The molecule has 2 aromatic rings. The molecule has 1 aliphatic rings. The highest BCUT2D eigenvalue weighted by Gasteiger charge is 2.17. The van der Waals surface area contributed by atoms with Gasteiger partial charge in [-0.2, -0.15) is 0 Å². The van der Waals surface area contributed by atoms with Crippen molar-refractivity contribution in [3.63, 3.8) is 0 Å². The Labute approximate surface area is 134 Å². The number of nitrogens with two attached hydrogens (primary N) is 1. The number of ether oxygens (including phenoxy) is 3. The lowest BCUT2D eigenvalue weighted by Crippen LogP contribution is -2.35. The van der Waals surface area contributed by atoms with E-state index in [0.717, 1.165) is 5.56 Å². The predicted molar refractivity (Wildman–Crippen MR) is 84.4 cm³/mol. The number of carbonyl (C=O) groups is 1. The third-order valence-corrected chi connectivity index (χ3v) is 3.48. The summed E-state index contributed by atoms with van der Waals surface area (Å²) in [5, 5.41) is 3.10. The molecule has 0 radical (unpaired) electrons. The molecule has 23 heavy (non-hydrogen) atoms. The monoisotopic (exact) mass is 314 g/mol. The van der Waals surface area contributed by atoms with E-state index in [1.165, 1.54) is 0 Å². The van der Waals surface area contributed by atoms with Crippen molar-refractivity contribution < 1.29 is 19.0 Å². The predicted octanol–water partition coefficient (Wildman–Crippen LogP) is 1.61. The molecule has 0 aromatic heterocycles. The van der Waals surface area contributed by atoms with E-state index in [2.05, 4.69) is 5.32 Å². The summed E-state index contributed by atoms with van der Waals surface area (Å²) in [6.45, 7) is 1.12. The van der Waals surface area contributed by atoms with E-state index in [4.69, 9.17) is 19.9 Å². The van der Waals surface area contributed by atoms with Crippen LogP contribution < -0.4 is 25.3 Å². The van der Waals surface area contributed by atoms with Crippen LogP contribution in [0.1, 0.15) is 11.6 Å². The van der Waals surface area contributed by atoms with Crippen molar-refractivity contribution in [1.29, 1.82) is 0 Å². The molecule has 1 heterocycles. The molecule has 120 valence electrons. The van der Waals surface area contributed by atoms with Gasteiger partial charge in [0.15, 0.2) is 11.5 Å². The lowest BCUT2D eigenvalue weighted by molar-refractivity contribution is -0.120. The first-order valence-corrected chi connectivity index (χ1v) is 7.34. The van der Waals surface area contributed by atoms with Crippen molar-refractivity contribution in [3.05, 3.63) is 54.1 Å². The van der Waals surface area contributed by atoms with Gasteiger partial charge in [0.25, 0.3) is 0 Å². The molecule has 0 unspecified atom stereocenters. The van der Waals surface area contributed by atoms with E-state index in [-0.39, 0.29) is 6.79 Å². The van der Waals surface area contributed by atoms with E-state index >= 15 is 0 Å². The quantitative estimate of drug-likeness (QED) is 0.759. The molecule has 0 fully saturated rings. The molecule has 3 rings (SSSR count). The number of fused-ring (bicyclic) bond motifs is 1. The molecule has 1 aliphatic heterocycles. The summed E-state index contributed by atoms with van der Waals surface area (Å²) in [5.41, 5.74) is 6.29. The van der Waals surface area contributed by atoms with Crippen molar-refractivity contribution in [3.8, 4) is 17.2 Å². The van der Waals surface area contributed by atoms with Crippen molar-refractivity contribution in [2.45, 2.75) is 6.04 Å². The molecule has 6 nitrogen and oxygen atoms in total. The lowest BCUT2D eigenvalue weighted by atomic mass is 10.1. The fourth-order valence-corrected chi connectivity index (χ4v) is 2.37. The topological polar surface area (TPSA) is 82.8 Å². The minimum atomic E-state index is -0.531. The summed E-state index contributed by atoms with van der Waals surface area (Å²) in [4.78, 5) is 11.6. The SMILES string of the molecule is NC(=O)[C@H](NCCOc1ccc2c(c1)OCO2)c1ccccc1. The standard InChI is InChI=1S/C17H18N2O4/c18-17(20)16(12-4-2-1-3-5-12)19-8-9-21-13-6-7-14-15(10-13)23-11-22-14/h1-7,10,16,19H,8-9,11H2,(H2,18,20)/t16-/m1/s1. The molecule has 0 saturated heterocycles. The fourth-order valence-electron chi connectivity index (χ4n) is 2.37. The Hall–Kier alpha value is -2.73. The third kappa shape index (κ3) is 3.73. The van der Waals surface area contributed by atoms with Gasteiger partial charge in [-0.1, -0.05) is 30.3 Å². The van der Waals surface area contributed by atoms with Crippen LogP contribution >= 0.6 is 0 Å². The van der Waals surface area contributed by atoms with Crippen LogP contribution in [-0.4, -0.2) is 25.9 Å². The number of rotatable bonds is 7. The molecule has 0 spiro atoms. The summed E-state index contributed by atoms with van der Waals surface area (Å²) in [7, 11) is 0. The zero-order valence-corrected chi connectivity index (χ0v) is 12.5. The molecule has 0 aliphatic carbocycles. The summed E-state index contributed by atoms with van der Waals surface area (Å²) in [6.07, 6.45) is 0. The molecular weight excluding hydrogens is 296 g/mol. The lowest BCUT2D eigenvalue weighted by Gasteiger charge is -2.16. The number of hydrogen-bond donors (Lipinski definition) is 2. The molecule has 6 heteroatoms. The molecule has 0 bridgehead atoms. The largest absolute Gasteiger partial charge is 0.492 e. The Morgan fingerprint density at radius 1 is 1.17 bits per heavy atom. The maximum Gasteiger partial charge on any atom is 0.239 e. The van der Waals surface area contributed by atoms with Gasteiger partial charge in [0, 0.05) is 12.6 Å². The van der Waals surface area contributed by atoms with Crippen LogP contribution in [0.3, 0.4) is 0 Å². The first-order chi connectivity index (χ1) is 11.2. The summed E-state index contributed by atoms with van der Waals surface area (Å²) in [6, 6.07) is 14.2. The van der Waals surface area contributed by atoms with Crippen molar-refractivity contribution in [2.75, 3.05) is 19.9 Å². The van der Waals surface area contributed by atoms with Crippen LogP contribution in [0.25, 0.3) is 0 Å². The second-order valence-corrected chi connectivity index (χ2v) is 5.06. The van der Waals surface area contributed by atoms with Crippen molar-refractivity contribution >= 4 is 5.91 Å². The maximum atomic E-state index is 11.6. The van der Waals surface area contributed by atoms with Crippen LogP contribution in [0.4, 0.5) is 0 Å². The third-order valence-electron chi connectivity index (χ3n) is 3.48. The molecular formula is C17H18N2O4. The van der Waals surface area contributed by atoms with E-state index in [0.29, 0.717) is 30.4 Å². The van der Waals surface area contributed by atoms with Gasteiger partial charge >= 0.3 is 0 Å². The van der Waals surface area contributed by atoms with Gasteiger partial charge in [0.2, 0.25) is 12.7 Å². The van der Waals surface area contributed by atoms with Gasteiger partial charge in [-0.3, -0.25) is 10.1 Å². The Bertz CT molecular complexity index is 676. The van der Waals surface area contributed by atoms with Gasteiger partial charge in [0.1, 0.15) is 18.4 Å². The Balaban J connectivity index is 1.51. The van der Waals surface area contributed by atoms with Crippen molar-refractivity contribution in [2.24, 2.45) is 5.73 Å². The normalized spacial score (nSPS) is 13.6. The van der Waals surface area contributed by atoms with Gasteiger partial charge in [-0.25, -0.2) is 0 Å². The number of primary amides is 1. The first-order valence-electron chi connectivity index (χ1n) is 7.34. The number of benzene rings is 2. The number of hydrogen-bond acceptors (Lipinski definition) is 5. The Morgan fingerprint density at radius 2 is 1.96 bits per heavy atom. The zero-order valence-electron chi connectivity index (χ0n) is 12.5. The highest BCUT2D eigenvalue weighted by atomic mass is 16.7. The van der Waals surface area contributed by atoms with Crippen LogP contribution in [-0.2, 0) is 4.79 Å². The van der Waals surface area contributed by atoms with Crippen LogP contribution in [0, 0.1) is 0 Å². The number of amides is 1. The summed E-state index contributed by atoms with van der Waals surface area (Å²) < 4.78 is 16.2. The number of carbonyl (C=O) groups excluding carboxylic acids is 1. The van der Waals surface area contributed by atoms with E-state index in [1.807, 2.05) is 36.4 Å². The highest BCUT2D eigenvalue weighted by molar-refractivity contribution is 5.81. The van der Waals surface area contributed by atoms with Crippen LogP contribution in [0.5, 0.6) is 17.2 Å². The second-order valence-electron chi connectivity index (χ2n) is 5.06. The number of nitrogens with one attached hydrogen (secondary N) is 1. The summed E-state index contributed by atoms with van der Waals surface area (Å²) in [5.74, 6) is 1.66. The highest BCUT2D eigenvalue weighted by Crippen LogP contribution is 2.34. The van der Waals surface area contributed by atoms with Gasteiger partial charge in [-0.05, 0) is 17.7 Å². The summed E-state index contributed by atoms with van der Waals surface area (Å²) >= 11 is 0. The Morgan fingerprint density at radius 3 is 2.74 bits per heavy atom. The van der Waals surface area contributed by atoms with Gasteiger partial charge < -0.3 is 19.9 Å². The van der Waals surface area contributed by atoms with E-state index < -0.39 is 11.9 Å². The first kappa shape index (κ1) is 15.2. The minimum absolute atomic E-state index is 0.234. The smallest absolute Gasteiger partial charge is 0.239 e. The zero-order chi connectivity index (χ0) is 16.1. The van der Waals surface area contributed by atoms with Crippen molar-refractivity contribution in [1.82, 2.24) is 5.32 Å².